The van der Waals surface area contributed by atoms with Gasteiger partial charge in [-0.3, -0.25) is 9.59 Å². The minimum Gasteiger partial charge on any atom is -0.469 e. The monoisotopic (exact) mass is 242 g/mol. The molecule has 17 heavy (non-hydrogen) atoms. The first kappa shape index (κ1) is 14.0. The normalized spacial score (nSPS) is 25.2. The molecule has 1 saturated carbocycles. The summed E-state index contributed by atoms with van der Waals surface area (Å²) in [5.74, 6) is -1.23. The first-order chi connectivity index (χ1) is 7.85. The second-order valence-corrected chi connectivity index (χ2v) is 5.55. The topological polar surface area (TPSA) is 52.6 Å². The van der Waals surface area contributed by atoms with E-state index in [-0.39, 0.29) is 23.8 Å². The summed E-state index contributed by atoms with van der Waals surface area (Å²) in [5, 5.41) is 0. The fraction of sp³-hybridized carbons (Fsp3) is 0.846. The van der Waals surface area contributed by atoms with Crippen molar-refractivity contribution in [1.82, 2.24) is 0 Å². The van der Waals surface area contributed by atoms with Crippen molar-refractivity contribution in [2.45, 2.75) is 52.1 Å². The molecular formula is C13H22O4. The first-order valence-electron chi connectivity index (χ1n) is 6.16. The van der Waals surface area contributed by atoms with Gasteiger partial charge in [0.1, 0.15) is 5.60 Å². The lowest BCUT2D eigenvalue weighted by atomic mass is 9.79. The van der Waals surface area contributed by atoms with Gasteiger partial charge in [-0.25, -0.2) is 0 Å². The number of rotatable bonds is 2. The second kappa shape index (κ2) is 5.52. The molecule has 0 saturated heterocycles. The van der Waals surface area contributed by atoms with E-state index in [0.717, 1.165) is 19.3 Å². The van der Waals surface area contributed by atoms with Crippen molar-refractivity contribution in [1.29, 1.82) is 0 Å². The van der Waals surface area contributed by atoms with Crippen LogP contribution in [-0.4, -0.2) is 24.6 Å². The molecular weight excluding hydrogens is 220 g/mol. The molecule has 0 aromatic heterocycles. The van der Waals surface area contributed by atoms with Crippen LogP contribution in [0.1, 0.15) is 46.5 Å². The smallest absolute Gasteiger partial charge is 0.310 e. The Bertz CT molecular complexity index is 290. The average Bonchev–Trinajstić information content (AvgIpc) is 2.25. The Labute approximate surface area is 103 Å². The van der Waals surface area contributed by atoms with Crippen molar-refractivity contribution in [2.24, 2.45) is 11.8 Å². The molecule has 4 nitrogen and oxygen atoms in total. The quantitative estimate of drug-likeness (QED) is 0.697. The number of carbonyl (C=O) groups is 2. The van der Waals surface area contributed by atoms with Crippen LogP contribution in [-0.2, 0) is 19.1 Å². The summed E-state index contributed by atoms with van der Waals surface area (Å²) in [7, 11) is 1.36. The molecule has 1 fully saturated rings. The highest BCUT2D eigenvalue weighted by Crippen LogP contribution is 2.32. The lowest BCUT2D eigenvalue weighted by Crippen LogP contribution is -2.37. The van der Waals surface area contributed by atoms with E-state index in [1.165, 1.54) is 7.11 Å². The van der Waals surface area contributed by atoms with E-state index in [9.17, 15) is 9.59 Å². The molecule has 98 valence electrons. The zero-order valence-corrected chi connectivity index (χ0v) is 11.1. The van der Waals surface area contributed by atoms with Crippen molar-refractivity contribution in [2.75, 3.05) is 7.11 Å². The van der Waals surface area contributed by atoms with Gasteiger partial charge in [0, 0.05) is 0 Å². The van der Waals surface area contributed by atoms with E-state index in [1.54, 1.807) is 0 Å². The van der Waals surface area contributed by atoms with Gasteiger partial charge in [0.25, 0.3) is 0 Å². The predicted octanol–water partition coefficient (Wildman–Crippen LogP) is 2.31. The molecule has 1 rings (SSSR count). The van der Waals surface area contributed by atoms with Crippen LogP contribution < -0.4 is 0 Å². The summed E-state index contributed by atoms with van der Waals surface area (Å²) in [5.41, 5.74) is -0.505. The minimum atomic E-state index is -0.505. The number of hydrogen-bond donors (Lipinski definition) is 0. The van der Waals surface area contributed by atoms with Crippen molar-refractivity contribution in [3.05, 3.63) is 0 Å². The van der Waals surface area contributed by atoms with Crippen LogP contribution in [0.4, 0.5) is 0 Å². The molecule has 2 atom stereocenters. The third kappa shape index (κ3) is 4.02. The third-order valence-corrected chi connectivity index (χ3v) is 2.98. The Morgan fingerprint density at radius 3 is 1.88 bits per heavy atom. The average molecular weight is 242 g/mol. The van der Waals surface area contributed by atoms with E-state index in [0.29, 0.717) is 6.42 Å². The number of carbonyl (C=O) groups excluding carboxylic acids is 2. The molecule has 0 radical (unpaired) electrons. The summed E-state index contributed by atoms with van der Waals surface area (Å²) in [6.07, 6.45) is 3.38. The van der Waals surface area contributed by atoms with Crippen LogP contribution in [0.5, 0.6) is 0 Å². The van der Waals surface area contributed by atoms with Crippen LogP contribution in [0.25, 0.3) is 0 Å². The van der Waals surface area contributed by atoms with Crippen molar-refractivity contribution >= 4 is 11.9 Å². The zero-order chi connectivity index (χ0) is 13.1. The lowest BCUT2D eigenvalue weighted by molar-refractivity contribution is -0.169. The SMILES string of the molecule is COC(=O)[C@@H]1CCCC[C@H]1C(=O)OC(C)(C)C. The molecule has 1 aliphatic carbocycles. The number of methoxy groups -OCH3 is 1. The molecule has 0 bridgehead atoms. The maximum atomic E-state index is 12.0. The van der Waals surface area contributed by atoms with Crippen LogP contribution in [0, 0.1) is 11.8 Å². The molecule has 1 aliphatic rings. The third-order valence-electron chi connectivity index (χ3n) is 2.98. The van der Waals surface area contributed by atoms with Crippen molar-refractivity contribution in [3.63, 3.8) is 0 Å². The van der Waals surface area contributed by atoms with Crippen molar-refractivity contribution in [3.8, 4) is 0 Å². The second-order valence-electron chi connectivity index (χ2n) is 5.55. The van der Waals surface area contributed by atoms with Crippen molar-refractivity contribution < 1.29 is 19.1 Å². The van der Waals surface area contributed by atoms with Gasteiger partial charge in [0.15, 0.2) is 0 Å². The predicted molar refractivity (Wildman–Crippen MR) is 63.3 cm³/mol. The maximum absolute atomic E-state index is 12.0. The van der Waals surface area contributed by atoms with Gasteiger partial charge in [-0.1, -0.05) is 12.8 Å². The van der Waals surface area contributed by atoms with E-state index in [4.69, 9.17) is 9.47 Å². The number of hydrogen-bond acceptors (Lipinski definition) is 4. The highest BCUT2D eigenvalue weighted by molar-refractivity contribution is 5.82. The molecule has 0 aromatic carbocycles. The minimum absolute atomic E-state index is 0.271. The highest BCUT2D eigenvalue weighted by Gasteiger charge is 2.38. The molecule has 4 heteroatoms. The summed E-state index contributed by atoms with van der Waals surface area (Å²) >= 11 is 0. The summed E-state index contributed by atoms with van der Waals surface area (Å²) < 4.78 is 10.1. The Balaban J connectivity index is 2.71. The Kier molecular flexibility index (Phi) is 4.54. The number of esters is 2. The largest absolute Gasteiger partial charge is 0.469 e. The van der Waals surface area contributed by atoms with Gasteiger partial charge in [-0.15, -0.1) is 0 Å². The fourth-order valence-electron chi connectivity index (χ4n) is 2.22. The van der Waals surface area contributed by atoms with Gasteiger partial charge < -0.3 is 9.47 Å². The van der Waals surface area contributed by atoms with Crippen LogP contribution in [0.15, 0.2) is 0 Å². The van der Waals surface area contributed by atoms with Crippen LogP contribution >= 0.6 is 0 Å². The van der Waals surface area contributed by atoms with E-state index in [2.05, 4.69) is 0 Å². The van der Waals surface area contributed by atoms with Gasteiger partial charge >= 0.3 is 11.9 Å². The van der Waals surface area contributed by atoms with E-state index in [1.807, 2.05) is 20.8 Å². The van der Waals surface area contributed by atoms with Crippen LogP contribution in [0.3, 0.4) is 0 Å². The summed E-state index contributed by atoms with van der Waals surface area (Å²) in [4.78, 5) is 23.6. The first-order valence-corrected chi connectivity index (χ1v) is 6.16. The van der Waals surface area contributed by atoms with Gasteiger partial charge in [0.05, 0.1) is 18.9 Å². The Morgan fingerprint density at radius 1 is 1.00 bits per heavy atom. The summed E-state index contributed by atoms with van der Waals surface area (Å²) in [6.45, 7) is 5.50. The Morgan fingerprint density at radius 2 is 1.47 bits per heavy atom. The van der Waals surface area contributed by atoms with Crippen LogP contribution in [0.2, 0.25) is 0 Å². The molecule has 0 heterocycles. The lowest BCUT2D eigenvalue weighted by Gasteiger charge is -2.30. The molecule has 0 N–H and O–H groups in total. The van der Waals surface area contributed by atoms with Gasteiger partial charge in [0.2, 0.25) is 0 Å². The van der Waals surface area contributed by atoms with E-state index < -0.39 is 5.60 Å². The molecule has 0 aromatic rings. The molecule has 0 aliphatic heterocycles. The van der Waals surface area contributed by atoms with Gasteiger partial charge in [-0.2, -0.15) is 0 Å². The van der Waals surface area contributed by atoms with Gasteiger partial charge in [-0.05, 0) is 33.6 Å². The van der Waals surface area contributed by atoms with E-state index >= 15 is 0 Å². The fourth-order valence-corrected chi connectivity index (χ4v) is 2.22. The molecule has 0 amide bonds. The Hall–Kier alpha value is -1.06. The maximum Gasteiger partial charge on any atom is 0.310 e. The number of ether oxygens (including phenoxy) is 2. The highest BCUT2D eigenvalue weighted by atomic mass is 16.6. The molecule has 0 unspecified atom stereocenters. The summed E-state index contributed by atoms with van der Waals surface area (Å²) in [6, 6.07) is 0. The molecule has 0 spiro atoms. The zero-order valence-electron chi connectivity index (χ0n) is 11.1. The standard InChI is InChI=1S/C13H22O4/c1-13(2,3)17-12(15)10-8-6-5-7-9(10)11(14)16-4/h9-10H,5-8H2,1-4H3/t9-,10-/m1/s1.